The Labute approximate surface area is 150 Å². The van der Waals surface area contributed by atoms with E-state index in [1.165, 1.54) is 5.56 Å². The first-order chi connectivity index (χ1) is 11.7. The fourth-order valence-electron chi connectivity index (χ4n) is 2.12. The van der Waals surface area contributed by atoms with Gasteiger partial charge in [-0.05, 0) is 30.2 Å². The van der Waals surface area contributed by atoms with Gasteiger partial charge in [-0.3, -0.25) is 0 Å². The van der Waals surface area contributed by atoms with Gasteiger partial charge >= 0.3 is 0 Å². The van der Waals surface area contributed by atoms with Crippen LogP contribution in [-0.4, -0.2) is 21.7 Å². The molecule has 0 spiro atoms. The second-order valence-electron chi connectivity index (χ2n) is 5.08. The summed E-state index contributed by atoms with van der Waals surface area (Å²) >= 11 is 11.9. The Balaban J connectivity index is 1.60. The van der Waals surface area contributed by atoms with Gasteiger partial charge in [0.1, 0.15) is 0 Å². The van der Waals surface area contributed by atoms with E-state index in [2.05, 4.69) is 37.9 Å². The molecule has 0 saturated carbocycles. The number of benzene rings is 2. The number of hydrogen-bond acceptors (Lipinski definition) is 5. The van der Waals surface area contributed by atoms with E-state index in [0.29, 0.717) is 21.8 Å². The van der Waals surface area contributed by atoms with Gasteiger partial charge in [0.15, 0.2) is 5.82 Å². The normalized spacial score (nSPS) is 10.4. The maximum absolute atomic E-state index is 6.00. The minimum Gasteiger partial charge on any atom is -0.368 e. The first-order valence-corrected chi connectivity index (χ1v) is 8.16. The summed E-state index contributed by atoms with van der Waals surface area (Å²) in [6.45, 7) is 0.759. The molecule has 2 N–H and O–H groups in total. The van der Waals surface area contributed by atoms with Crippen molar-refractivity contribution in [3.63, 3.8) is 0 Å². The van der Waals surface area contributed by atoms with Gasteiger partial charge in [-0.15, -0.1) is 5.10 Å². The van der Waals surface area contributed by atoms with E-state index in [9.17, 15) is 0 Å². The zero-order valence-corrected chi connectivity index (χ0v) is 14.2. The number of halogens is 2. The number of rotatable bonds is 6. The molecular formula is C17H15Cl2N5. The second-order valence-corrected chi connectivity index (χ2v) is 5.90. The predicted octanol–water partition coefficient (Wildman–Crippen LogP) is 4.58. The molecule has 0 bridgehead atoms. The largest absolute Gasteiger partial charge is 0.368 e. The molecule has 0 fully saturated rings. The van der Waals surface area contributed by atoms with Crippen molar-refractivity contribution in [1.82, 2.24) is 15.2 Å². The van der Waals surface area contributed by atoms with Crippen LogP contribution in [0.2, 0.25) is 10.0 Å². The summed E-state index contributed by atoms with van der Waals surface area (Å²) < 4.78 is 0. The zero-order chi connectivity index (χ0) is 16.8. The van der Waals surface area contributed by atoms with Gasteiger partial charge in [0.2, 0.25) is 5.95 Å². The Morgan fingerprint density at radius 2 is 1.79 bits per heavy atom. The summed E-state index contributed by atoms with van der Waals surface area (Å²) in [6.07, 6.45) is 2.49. The Kier molecular flexibility index (Phi) is 5.46. The monoisotopic (exact) mass is 359 g/mol. The molecular weight excluding hydrogens is 345 g/mol. The lowest BCUT2D eigenvalue weighted by Gasteiger charge is -2.08. The summed E-state index contributed by atoms with van der Waals surface area (Å²) in [6, 6.07) is 15.5. The molecule has 0 amide bonds. The molecule has 122 valence electrons. The van der Waals surface area contributed by atoms with Crippen LogP contribution in [0.25, 0.3) is 0 Å². The molecule has 0 aliphatic heterocycles. The zero-order valence-electron chi connectivity index (χ0n) is 12.7. The van der Waals surface area contributed by atoms with Gasteiger partial charge in [0.25, 0.3) is 0 Å². The van der Waals surface area contributed by atoms with Crippen LogP contribution < -0.4 is 10.6 Å². The molecule has 5 nitrogen and oxygen atoms in total. The van der Waals surface area contributed by atoms with Crippen molar-refractivity contribution in [1.29, 1.82) is 0 Å². The Hall–Kier alpha value is -2.37. The van der Waals surface area contributed by atoms with Crippen LogP contribution in [-0.2, 0) is 6.42 Å². The highest BCUT2D eigenvalue weighted by molar-refractivity contribution is 6.42. The van der Waals surface area contributed by atoms with E-state index >= 15 is 0 Å². The van der Waals surface area contributed by atoms with E-state index in [-0.39, 0.29) is 0 Å². The molecule has 1 aromatic heterocycles. The minimum atomic E-state index is 0.387. The highest BCUT2D eigenvalue weighted by Gasteiger charge is 2.04. The number of nitrogens with one attached hydrogen (secondary N) is 2. The third-order valence-electron chi connectivity index (χ3n) is 3.30. The molecule has 0 aliphatic carbocycles. The third kappa shape index (κ3) is 4.57. The van der Waals surface area contributed by atoms with E-state index < -0.39 is 0 Å². The molecule has 7 heteroatoms. The lowest BCUT2D eigenvalue weighted by Crippen LogP contribution is -2.08. The van der Waals surface area contributed by atoms with Crippen LogP contribution in [0.4, 0.5) is 17.5 Å². The lowest BCUT2D eigenvalue weighted by atomic mass is 10.1. The Morgan fingerprint density at radius 3 is 2.58 bits per heavy atom. The van der Waals surface area contributed by atoms with Crippen LogP contribution in [0.15, 0.2) is 54.7 Å². The summed E-state index contributed by atoms with van der Waals surface area (Å²) in [4.78, 5) is 4.38. The smallest absolute Gasteiger partial charge is 0.249 e. The van der Waals surface area contributed by atoms with E-state index in [1.54, 1.807) is 24.4 Å². The maximum atomic E-state index is 6.00. The van der Waals surface area contributed by atoms with Crippen molar-refractivity contribution in [3.8, 4) is 0 Å². The van der Waals surface area contributed by atoms with Gasteiger partial charge < -0.3 is 10.6 Å². The first-order valence-electron chi connectivity index (χ1n) is 7.40. The average Bonchev–Trinajstić information content (AvgIpc) is 2.60. The molecule has 0 aliphatic rings. The molecule has 0 saturated heterocycles. The quantitative estimate of drug-likeness (QED) is 0.674. The minimum absolute atomic E-state index is 0.387. The second kappa shape index (κ2) is 7.95. The van der Waals surface area contributed by atoms with Gasteiger partial charge in [-0.1, -0.05) is 53.5 Å². The molecule has 3 rings (SSSR count). The van der Waals surface area contributed by atoms with Gasteiger partial charge in [-0.2, -0.15) is 10.1 Å². The van der Waals surface area contributed by atoms with E-state index in [0.717, 1.165) is 18.7 Å². The van der Waals surface area contributed by atoms with Crippen molar-refractivity contribution < 1.29 is 0 Å². The summed E-state index contributed by atoms with van der Waals surface area (Å²) in [5.74, 6) is 1.04. The predicted molar refractivity (Wildman–Crippen MR) is 98.2 cm³/mol. The highest BCUT2D eigenvalue weighted by Crippen LogP contribution is 2.26. The molecule has 24 heavy (non-hydrogen) atoms. The molecule has 3 aromatic rings. The topological polar surface area (TPSA) is 62.7 Å². The first kappa shape index (κ1) is 16.5. The molecule has 2 aromatic carbocycles. The van der Waals surface area contributed by atoms with Crippen molar-refractivity contribution >= 4 is 40.7 Å². The van der Waals surface area contributed by atoms with Gasteiger partial charge in [0.05, 0.1) is 16.2 Å². The Bertz CT molecular complexity index is 811. The molecule has 0 radical (unpaired) electrons. The van der Waals surface area contributed by atoms with Gasteiger partial charge in [-0.25, -0.2) is 0 Å². The molecule has 0 atom stereocenters. The highest BCUT2D eigenvalue weighted by atomic mass is 35.5. The number of hydrogen-bond donors (Lipinski definition) is 2. The molecule has 1 heterocycles. The fraction of sp³-hybridized carbons (Fsp3) is 0.118. The average molecular weight is 360 g/mol. The number of anilines is 3. The van der Waals surface area contributed by atoms with Crippen molar-refractivity contribution in [2.24, 2.45) is 0 Å². The summed E-state index contributed by atoms with van der Waals surface area (Å²) in [5.41, 5.74) is 2.01. The van der Waals surface area contributed by atoms with E-state index in [1.807, 2.05) is 18.2 Å². The van der Waals surface area contributed by atoms with Crippen LogP contribution >= 0.6 is 23.2 Å². The standard InChI is InChI=1S/C17H15Cl2N5/c18-14-7-6-13(10-15(14)19)22-17-23-16(11-21-24-17)20-9-8-12-4-2-1-3-5-12/h1-7,10-11H,8-9H2,(H2,20,22,23,24). The van der Waals surface area contributed by atoms with Crippen molar-refractivity contribution in [2.45, 2.75) is 6.42 Å². The number of nitrogens with zero attached hydrogens (tertiary/aromatic N) is 3. The van der Waals surface area contributed by atoms with Crippen LogP contribution in [0.3, 0.4) is 0 Å². The summed E-state index contributed by atoms with van der Waals surface area (Å²) in [5, 5.41) is 15.2. The summed E-state index contributed by atoms with van der Waals surface area (Å²) in [7, 11) is 0. The van der Waals surface area contributed by atoms with Gasteiger partial charge in [0, 0.05) is 12.2 Å². The maximum Gasteiger partial charge on any atom is 0.249 e. The molecule has 0 unspecified atom stereocenters. The van der Waals surface area contributed by atoms with Crippen LogP contribution in [0.5, 0.6) is 0 Å². The van der Waals surface area contributed by atoms with Crippen LogP contribution in [0.1, 0.15) is 5.56 Å². The van der Waals surface area contributed by atoms with Crippen LogP contribution in [0, 0.1) is 0 Å². The fourth-order valence-corrected chi connectivity index (χ4v) is 2.42. The van der Waals surface area contributed by atoms with Crippen molar-refractivity contribution in [3.05, 3.63) is 70.3 Å². The lowest BCUT2D eigenvalue weighted by molar-refractivity contribution is 0.950. The number of aromatic nitrogens is 3. The Morgan fingerprint density at radius 1 is 0.958 bits per heavy atom. The third-order valence-corrected chi connectivity index (χ3v) is 4.04. The SMILES string of the molecule is Clc1ccc(Nc2nncc(NCCc3ccccc3)n2)cc1Cl. The van der Waals surface area contributed by atoms with E-state index in [4.69, 9.17) is 23.2 Å². The van der Waals surface area contributed by atoms with Crippen molar-refractivity contribution in [2.75, 3.05) is 17.2 Å².